The molecule has 0 aromatic heterocycles. The lowest BCUT2D eigenvalue weighted by molar-refractivity contribution is 0.386. The minimum absolute atomic E-state index is 0.167. The van der Waals surface area contributed by atoms with Crippen LogP contribution in [0.2, 0.25) is 0 Å². The molecule has 0 saturated carbocycles. The van der Waals surface area contributed by atoms with E-state index in [1.165, 1.54) is 25.3 Å². The van der Waals surface area contributed by atoms with Crippen LogP contribution < -0.4 is 10.1 Å². The second-order valence-corrected chi connectivity index (χ2v) is 5.20. The number of rotatable bonds is 4. The topological polar surface area (TPSA) is 21.3 Å². The first-order chi connectivity index (χ1) is 9.56. The molecule has 0 amide bonds. The molecule has 0 radical (unpaired) electrons. The molecule has 1 atom stereocenters. The van der Waals surface area contributed by atoms with E-state index in [0.717, 1.165) is 0 Å². The number of methoxy groups -OCH3 is 1. The molecule has 0 fully saturated rings. The second-order valence-electron chi connectivity index (χ2n) is 4.28. The summed E-state index contributed by atoms with van der Waals surface area (Å²) in [4.78, 5) is 0. The van der Waals surface area contributed by atoms with Crippen molar-refractivity contribution in [1.82, 2.24) is 5.32 Å². The van der Waals surface area contributed by atoms with E-state index in [0.29, 0.717) is 15.6 Å². The first-order valence-electron chi connectivity index (χ1n) is 6.02. The molecule has 5 heteroatoms. The molecule has 0 aliphatic heterocycles. The highest BCUT2D eigenvalue weighted by molar-refractivity contribution is 9.10. The Morgan fingerprint density at radius 2 is 1.85 bits per heavy atom. The van der Waals surface area contributed by atoms with Gasteiger partial charge in [0.15, 0.2) is 11.6 Å². The van der Waals surface area contributed by atoms with Gasteiger partial charge < -0.3 is 10.1 Å². The molecular formula is C15H14BrF2NO. The Bertz CT molecular complexity index is 619. The predicted octanol–water partition coefficient (Wildman–Crippen LogP) is 4.04. The summed E-state index contributed by atoms with van der Waals surface area (Å²) >= 11 is 3.22. The normalized spacial score (nSPS) is 12.2. The fraction of sp³-hybridized carbons (Fsp3) is 0.200. The molecular weight excluding hydrogens is 328 g/mol. The van der Waals surface area contributed by atoms with E-state index in [1.54, 1.807) is 25.2 Å². The average molecular weight is 342 g/mol. The van der Waals surface area contributed by atoms with Crippen molar-refractivity contribution in [3.63, 3.8) is 0 Å². The van der Waals surface area contributed by atoms with Gasteiger partial charge in [-0.05, 0) is 36.9 Å². The molecule has 0 spiro atoms. The van der Waals surface area contributed by atoms with E-state index in [9.17, 15) is 8.78 Å². The minimum Gasteiger partial charge on any atom is -0.494 e. The summed E-state index contributed by atoms with van der Waals surface area (Å²) in [5, 5.41) is 3.00. The Morgan fingerprint density at radius 1 is 1.10 bits per heavy atom. The fourth-order valence-corrected chi connectivity index (χ4v) is 2.43. The number of halogens is 3. The van der Waals surface area contributed by atoms with Gasteiger partial charge in [0.25, 0.3) is 0 Å². The molecule has 2 aromatic rings. The van der Waals surface area contributed by atoms with E-state index in [1.807, 2.05) is 0 Å². The van der Waals surface area contributed by atoms with Gasteiger partial charge in [0.05, 0.1) is 13.2 Å². The van der Waals surface area contributed by atoms with Crippen LogP contribution >= 0.6 is 15.9 Å². The van der Waals surface area contributed by atoms with Crippen molar-refractivity contribution >= 4 is 15.9 Å². The number of hydrogen-bond acceptors (Lipinski definition) is 2. The summed E-state index contributed by atoms with van der Waals surface area (Å²) < 4.78 is 33.3. The van der Waals surface area contributed by atoms with E-state index in [4.69, 9.17) is 4.74 Å². The van der Waals surface area contributed by atoms with E-state index >= 15 is 0 Å². The maximum atomic E-state index is 14.0. The van der Waals surface area contributed by atoms with Crippen molar-refractivity contribution in [2.45, 2.75) is 6.04 Å². The molecule has 1 N–H and O–H groups in total. The van der Waals surface area contributed by atoms with Crippen molar-refractivity contribution in [2.24, 2.45) is 0 Å². The van der Waals surface area contributed by atoms with E-state index in [2.05, 4.69) is 21.2 Å². The van der Waals surface area contributed by atoms with Gasteiger partial charge in [0.1, 0.15) is 5.82 Å². The Morgan fingerprint density at radius 3 is 2.40 bits per heavy atom. The van der Waals surface area contributed by atoms with Crippen molar-refractivity contribution in [3.8, 4) is 5.75 Å². The standard InChI is InChI=1S/C15H14BrF2NO/c1-19-15(11-5-4-10(16)8-12(11)17)9-3-6-14(20-2)13(18)7-9/h3-8,15,19H,1-2H3. The smallest absolute Gasteiger partial charge is 0.165 e. The van der Waals surface area contributed by atoms with Gasteiger partial charge in [-0.15, -0.1) is 0 Å². The van der Waals surface area contributed by atoms with Crippen LogP contribution in [0.4, 0.5) is 8.78 Å². The molecule has 20 heavy (non-hydrogen) atoms. The number of nitrogens with one attached hydrogen (secondary N) is 1. The highest BCUT2D eigenvalue weighted by Crippen LogP contribution is 2.28. The molecule has 1 unspecified atom stereocenters. The van der Waals surface area contributed by atoms with Gasteiger partial charge in [0, 0.05) is 10.0 Å². The molecule has 2 nitrogen and oxygen atoms in total. The zero-order valence-corrected chi connectivity index (χ0v) is 12.7. The zero-order chi connectivity index (χ0) is 14.7. The Balaban J connectivity index is 2.44. The maximum Gasteiger partial charge on any atom is 0.165 e. The summed E-state index contributed by atoms with van der Waals surface area (Å²) in [6, 6.07) is 8.98. The van der Waals surface area contributed by atoms with Gasteiger partial charge in [-0.25, -0.2) is 8.78 Å². The fourth-order valence-electron chi connectivity index (χ4n) is 2.10. The molecule has 2 rings (SSSR count). The summed E-state index contributed by atoms with van der Waals surface area (Å²) in [5.41, 5.74) is 1.09. The van der Waals surface area contributed by atoms with Crippen molar-refractivity contribution in [1.29, 1.82) is 0 Å². The maximum absolute atomic E-state index is 14.0. The minimum atomic E-state index is -0.470. The number of benzene rings is 2. The van der Waals surface area contributed by atoms with Crippen molar-refractivity contribution in [2.75, 3.05) is 14.2 Å². The Hall–Kier alpha value is -1.46. The third-order valence-electron chi connectivity index (χ3n) is 3.07. The van der Waals surface area contributed by atoms with E-state index in [-0.39, 0.29) is 11.6 Å². The monoisotopic (exact) mass is 341 g/mol. The predicted molar refractivity (Wildman–Crippen MR) is 78.0 cm³/mol. The van der Waals surface area contributed by atoms with Crippen LogP contribution in [0, 0.1) is 11.6 Å². The number of hydrogen-bond donors (Lipinski definition) is 1. The quantitative estimate of drug-likeness (QED) is 0.905. The molecule has 0 aliphatic carbocycles. The van der Waals surface area contributed by atoms with Crippen molar-refractivity contribution in [3.05, 3.63) is 63.6 Å². The highest BCUT2D eigenvalue weighted by Gasteiger charge is 2.18. The lowest BCUT2D eigenvalue weighted by atomic mass is 9.98. The van der Waals surface area contributed by atoms with Gasteiger partial charge in [-0.3, -0.25) is 0 Å². The van der Waals surface area contributed by atoms with Crippen LogP contribution in [0.3, 0.4) is 0 Å². The summed E-state index contributed by atoms with van der Waals surface area (Å²) in [7, 11) is 3.11. The van der Waals surface area contributed by atoms with Gasteiger partial charge in [0.2, 0.25) is 0 Å². The van der Waals surface area contributed by atoms with Crippen LogP contribution in [0.15, 0.2) is 40.9 Å². The Labute approximate surface area is 124 Å². The third-order valence-corrected chi connectivity index (χ3v) is 3.56. The largest absolute Gasteiger partial charge is 0.494 e. The third kappa shape index (κ3) is 2.99. The average Bonchev–Trinajstić information content (AvgIpc) is 2.42. The van der Waals surface area contributed by atoms with Crippen LogP contribution in [0.25, 0.3) is 0 Å². The highest BCUT2D eigenvalue weighted by atomic mass is 79.9. The molecule has 0 aliphatic rings. The summed E-state index contributed by atoms with van der Waals surface area (Å²) in [6.45, 7) is 0. The van der Waals surface area contributed by atoms with Crippen LogP contribution in [-0.4, -0.2) is 14.2 Å². The number of ether oxygens (including phenoxy) is 1. The molecule has 0 bridgehead atoms. The SMILES string of the molecule is CNC(c1ccc(OC)c(F)c1)c1ccc(Br)cc1F. The summed E-state index contributed by atoms with van der Waals surface area (Å²) in [5.74, 6) is -0.655. The van der Waals surface area contributed by atoms with Gasteiger partial charge in [-0.1, -0.05) is 28.1 Å². The second kappa shape index (κ2) is 6.33. The van der Waals surface area contributed by atoms with Gasteiger partial charge >= 0.3 is 0 Å². The zero-order valence-electron chi connectivity index (χ0n) is 11.1. The first kappa shape index (κ1) is 14.9. The molecule has 0 saturated heterocycles. The van der Waals surface area contributed by atoms with E-state index < -0.39 is 11.9 Å². The molecule has 106 valence electrons. The van der Waals surface area contributed by atoms with Crippen LogP contribution in [-0.2, 0) is 0 Å². The summed E-state index contributed by atoms with van der Waals surface area (Å²) in [6.07, 6.45) is 0. The van der Waals surface area contributed by atoms with Crippen LogP contribution in [0.5, 0.6) is 5.75 Å². The first-order valence-corrected chi connectivity index (χ1v) is 6.81. The van der Waals surface area contributed by atoms with Crippen molar-refractivity contribution < 1.29 is 13.5 Å². The van der Waals surface area contributed by atoms with Gasteiger partial charge in [-0.2, -0.15) is 0 Å². The Kier molecular flexibility index (Phi) is 4.73. The molecule has 2 aromatic carbocycles. The molecule has 0 heterocycles. The lowest BCUT2D eigenvalue weighted by Gasteiger charge is -2.18. The lowest BCUT2D eigenvalue weighted by Crippen LogP contribution is -2.19. The van der Waals surface area contributed by atoms with Crippen LogP contribution in [0.1, 0.15) is 17.2 Å².